The molecule has 0 aliphatic rings. The molecule has 0 radical (unpaired) electrons. The summed E-state index contributed by atoms with van der Waals surface area (Å²) in [6.45, 7) is 1.88. The Hall–Kier alpha value is -3.09. The Kier molecular flexibility index (Phi) is 5.13. The van der Waals surface area contributed by atoms with Crippen LogP contribution in [0.2, 0.25) is 5.02 Å². The van der Waals surface area contributed by atoms with Gasteiger partial charge in [-0.25, -0.2) is 4.79 Å². The quantitative estimate of drug-likeness (QED) is 0.397. The number of fused-ring (bicyclic) bond motifs is 1. The number of carbonyl (C=O) groups excluding carboxylic acids is 2. The number of aryl methyl sites for hydroxylation is 1. The van der Waals surface area contributed by atoms with E-state index >= 15 is 0 Å². The summed E-state index contributed by atoms with van der Waals surface area (Å²) in [5, 5.41) is 4.58. The number of thiophene rings is 1. The van der Waals surface area contributed by atoms with Gasteiger partial charge in [-0.15, -0.1) is 11.3 Å². The third-order valence-electron chi connectivity index (χ3n) is 4.46. The van der Waals surface area contributed by atoms with Crippen molar-refractivity contribution in [2.45, 2.75) is 6.92 Å². The maximum absolute atomic E-state index is 12.8. The summed E-state index contributed by atoms with van der Waals surface area (Å²) in [6, 6.07) is 16.2. The van der Waals surface area contributed by atoms with Gasteiger partial charge in [-0.3, -0.25) is 4.79 Å². The van der Waals surface area contributed by atoms with Gasteiger partial charge in [-0.05, 0) is 36.8 Å². The lowest BCUT2D eigenvalue weighted by Gasteiger charge is -2.08. The summed E-state index contributed by atoms with van der Waals surface area (Å²) in [4.78, 5) is 26.2. The van der Waals surface area contributed by atoms with E-state index in [1.807, 2.05) is 37.3 Å². The van der Waals surface area contributed by atoms with Crippen LogP contribution in [0.1, 0.15) is 25.8 Å². The highest BCUT2D eigenvalue weighted by Gasteiger charge is 2.26. The van der Waals surface area contributed by atoms with E-state index in [0.29, 0.717) is 26.7 Å². The Morgan fingerprint density at radius 3 is 2.62 bits per heavy atom. The van der Waals surface area contributed by atoms with Crippen molar-refractivity contribution in [3.63, 3.8) is 0 Å². The topological polar surface area (TPSA) is 68.5 Å². The van der Waals surface area contributed by atoms with Crippen LogP contribution in [0.3, 0.4) is 0 Å². The molecule has 0 bridgehead atoms. The van der Waals surface area contributed by atoms with Crippen LogP contribution in [0, 0.1) is 6.92 Å². The molecule has 1 N–H and O–H groups in total. The molecular weight excluding hydrogens is 410 g/mol. The number of para-hydroxylation sites is 1. The number of carbonyl (C=O) groups is 2. The summed E-state index contributed by atoms with van der Waals surface area (Å²) >= 11 is 7.43. The number of esters is 1. The van der Waals surface area contributed by atoms with Gasteiger partial charge >= 0.3 is 5.97 Å². The first-order chi connectivity index (χ1) is 14.0. The molecule has 146 valence electrons. The van der Waals surface area contributed by atoms with Gasteiger partial charge in [0.25, 0.3) is 5.91 Å². The highest BCUT2D eigenvalue weighted by molar-refractivity contribution is 7.17. The van der Waals surface area contributed by atoms with Crippen molar-refractivity contribution in [3.8, 4) is 11.1 Å². The van der Waals surface area contributed by atoms with Crippen LogP contribution in [0.15, 0.2) is 59.0 Å². The maximum Gasteiger partial charge on any atom is 0.341 e. The largest absolute Gasteiger partial charge is 0.465 e. The van der Waals surface area contributed by atoms with Gasteiger partial charge in [0.15, 0.2) is 5.76 Å². The Morgan fingerprint density at radius 1 is 1.10 bits per heavy atom. The molecule has 0 aliphatic heterocycles. The monoisotopic (exact) mass is 425 g/mol. The van der Waals surface area contributed by atoms with E-state index in [4.69, 9.17) is 20.8 Å². The Bertz CT molecular complexity index is 1210. The second-order valence-corrected chi connectivity index (χ2v) is 8.00. The number of benzene rings is 2. The number of amides is 1. The van der Waals surface area contributed by atoms with Crippen LogP contribution in [0.5, 0.6) is 0 Å². The van der Waals surface area contributed by atoms with Gasteiger partial charge in [-0.1, -0.05) is 41.9 Å². The van der Waals surface area contributed by atoms with Gasteiger partial charge in [0, 0.05) is 20.8 Å². The van der Waals surface area contributed by atoms with E-state index in [-0.39, 0.29) is 5.76 Å². The molecule has 1 amide bonds. The fourth-order valence-corrected chi connectivity index (χ4v) is 4.43. The number of hydrogen-bond acceptors (Lipinski definition) is 5. The third-order valence-corrected chi connectivity index (χ3v) is 5.72. The molecule has 2 aromatic carbocycles. The van der Waals surface area contributed by atoms with Gasteiger partial charge in [0.1, 0.15) is 16.1 Å². The Labute approximate surface area is 175 Å². The molecule has 29 heavy (non-hydrogen) atoms. The summed E-state index contributed by atoms with van der Waals surface area (Å²) in [7, 11) is 1.31. The molecular formula is C22H16ClNO4S. The average molecular weight is 426 g/mol. The average Bonchev–Trinajstić information content (AvgIpc) is 3.28. The number of rotatable bonds is 4. The second kappa shape index (κ2) is 7.73. The van der Waals surface area contributed by atoms with Crippen LogP contribution < -0.4 is 5.32 Å². The highest BCUT2D eigenvalue weighted by atomic mass is 35.5. The summed E-state index contributed by atoms with van der Waals surface area (Å²) < 4.78 is 10.6. The molecule has 0 fully saturated rings. The first kappa shape index (κ1) is 19.2. The molecule has 2 heterocycles. The first-order valence-electron chi connectivity index (χ1n) is 8.75. The van der Waals surface area contributed by atoms with Crippen molar-refractivity contribution in [2.75, 3.05) is 12.4 Å². The number of ether oxygens (including phenoxy) is 1. The van der Waals surface area contributed by atoms with Crippen LogP contribution >= 0.6 is 22.9 Å². The number of methoxy groups -OCH3 is 1. The number of halogens is 1. The first-order valence-corrected chi connectivity index (χ1v) is 9.95. The van der Waals surface area contributed by atoms with E-state index in [1.165, 1.54) is 18.4 Å². The van der Waals surface area contributed by atoms with Gasteiger partial charge in [-0.2, -0.15) is 0 Å². The predicted molar refractivity (Wildman–Crippen MR) is 115 cm³/mol. The predicted octanol–water partition coefficient (Wildman–Crippen LogP) is 6.16. The van der Waals surface area contributed by atoms with E-state index < -0.39 is 11.9 Å². The second-order valence-electron chi connectivity index (χ2n) is 6.34. The molecule has 0 saturated heterocycles. The number of hydrogen-bond donors (Lipinski definition) is 1. The normalized spacial score (nSPS) is 10.9. The van der Waals surface area contributed by atoms with Crippen molar-refractivity contribution >= 4 is 50.8 Å². The van der Waals surface area contributed by atoms with Gasteiger partial charge in [0.05, 0.1) is 7.11 Å². The summed E-state index contributed by atoms with van der Waals surface area (Å²) in [6.07, 6.45) is 0. The molecule has 2 aromatic heterocycles. The molecule has 4 aromatic rings. The van der Waals surface area contributed by atoms with Gasteiger partial charge < -0.3 is 14.5 Å². The zero-order valence-corrected chi connectivity index (χ0v) is 17.2. The zero-order chi connectivity index (χ0) is 20.5. The van der Waals surface area contributed by atoms with Crippen molar-refractivity contribution in [3.05, 3.63) is 75.8 Å². The molecule has 4 rings (SSSR count). The molecule has 0 unspecified atom stereocenters. The number of furan rings is 1. The van der Waals surface area contributed by atoms with E-state index in [9.17, 15) is 9.59 Å². The fourth-order valence-electron chi connectivity index (χ4n) is 3.18. The fraction of sp³-hybridized carbons (Fsp3) is 0.0909. The molecule has 0 spiro atoms. The lowest BCUT2D eigenvalue weighted by Crippen LogP contribution is -2.13. The van der Waals surface area contributed by atoms with Crippen LogP contribution in [0.4, 0.5) is 5.00 Å². The smallest absolute Gasteiger partial charge is 0.341 e. The SMILES string of the molecule is COC(=O)c1c(NC(=O)c2cc3ccccc3o2)sc(C)c1-c1cccc(Cl)c1. The molecule has 0 atom stereocenters. The summed E-state index contributed by atoms with van der Waals surface area (Å²) in [5.41, 5.74) is 2.37. The zero-order valence-electron chi connectivity index (χ0n) is 15.6. The van der Waals surface area contributed by atoms with Crippen LogP contribution in [-0.4, -0.2) is 19.0 Å². The standard InChI is InChI=1S/C22H16ClNO4S/c1-12-18(14-7-5-8-15(23)10-14)19(22(26)27-2)21(29-12)24-20(25)17-11-13-6-3-4-9-16(13)28-17/h3-11H,1-2H3,(H,24,25). The Morgan fingerprint density at radius 2 is 1.90 bits per heavy atom. The third kappa shape index (κ3) is 3.64. The number of nitrogens with one attached hydrogen (secondary N) is 1. The number of anilines is 1. The lowest BCUT2D eigenvalue weighted by atomic mass is 10.0. The van der Waals surface area contributed by atoms with Gasteiger partial charge in [0.2, 0.25) is 0 Å². The van der Waals surface area contributed by atoms with Crippen molar-refractivity contribution in [1.82, 2.24) is 0 Å². The molecule has 7 heteroatoms. The van der Waals surface area contributed by atoms with Crippen molar-refractivity contribution < 1.29 is 18.7 Å². The maximum atomic E-state index is 12.8. The Balaban J connectivity index is 1.76. The lowest BCUT2D eigenvalue weighted by molar-refractivity contribution is 0.0603. The molecule has 5 nitrogen and oxygen atoms in total. The minimum Gasteiger partial charge on any atom is -0.465 e. The summed E-state index contributed by atoms with van der Waals surface area (Å²) in [5.74, 6) is -0.813. The van der Waals surface area contributed by atoms with E-state index in [2.05, 4.69) is 5.32 Å². The van der Waals surface area contributed by atoms with Crippen LogP contribution in [-0.2, 0) is 4.74 Å². The van der Waals surface area contributed by atoms with Crippen molar-refractivity contribution in [1.29, 1.82) is 0 Å². The highest BCUT2D eigenvalue weighted by Crippen LogP contribution is 2.41. The molecule has 0 saturated carbocycles. The van der Waals surface area contributed by atoms with E-state index in [0.717, 1.165) is 15.8 Å². The minimum absolute atomic E-state index is 0.164. The minimum atomic E-state index is -0.538. The molecule has 0 aliphatic carbocycles. The van der Waals surface area contributed by atoms with Crippen LogP contribution in [0.25, 0.3) is 22.1 Å². The van der Waals surface area contributed by atoms with E-state index in [1.54, 1.807) is 24.3 Å². The van der Waals surface area contributed by atoms with Crippen molar-refractivity contribution in [2.24, 2.45) is 0 Å².